The Balaban J connectivity index is 2.73. The van der Waals surface area contributed by atoms with E-state index in [1.807, 2.05) is 24.3 Å². The molecule has 0 saturated heterocycles. The molecule has 0 aliphatic rings. The molecule has 1 amide bonds. The van der Waals surface area contributed by atoms with Gasteiger partial charge in [0.15, 0.2) is 5.82 Å². The second kappa shape index (κ2) is 3.12. The minimum atomic E-state index is 0.559. The van der Waals surface area contributed by atoms with Crippen LogP contribution in [0.3, 0.4) is 0 Å². The van der Waals surface area contributed by atoms with Gasteiger partial charge >= 0.3 is 0 Å². The largest absolute Gasteiger partial charge is 0.277 e. The van der Waals surface area contributed by atoms with Crippen molar-refractivity contribution in [2.45, 2.75) is 0 Å². The number of hydrazine groups is 1. The van der Waals surface area contributed by atoms with Gasteiger partial charge in [-0.05, 0) is 12.1 Å². The highest BCUT2D eigenvalue weighted by Gasteiger charge is 2.11. The first kappa shape index (κ1) is 8.71. The number of aryl methyl sites for hydroxylation is 1. The Morgan fingerprint density at radius 1 is 1.50 bits per heavy atom. The van der Waals surface area contributed by atoms with Gasteiger partial charge in [-0.15, -0.1) is 0 Å². The third kappa shape index (κ3) is 1.14. The molecule has 0 aliphatic carbocycles. The van der Waals surface area contributed by atoms with E-state index in [2.05, 4.69) is 5.10 Å². The van der Waals surface area contributed by atoms with Crippen LogP contribution in [0.2, 0.25) is 0 Å². The van der Waals surface area contributed by atoms with Crippen molar-refractivity contribution in [3.63, 3.8) is 0 Å². The highest BCUT2D eigenvalue weighted by atomic mass is 16.1. The van der Waals surface area contributed by atoms with Crippen molar-refractivity contribution in [1.82, 2.24) is 9.78 Å². The lowest BCUT2D eigenvalue weighted by Gasteiger charge is -2.09. The van der Waals surface area contributed by atoms with Crippen LogP contribution >= 0.6 is 0 Å². The molecular formula is C9H10N4O. The van der Waals surface area contributed by atoms with E-state index < -0.39 is 0 Å². The van der Waals surface area contributed by atoms with Gasteiger partial charge in [-0.2, -0.15) is 5.10 Å². The van der Waals surface area contributed by atoms with Gasteiger partial charge in [0.2, 0.25) is 6.41 Å². The van der Waals surface area contributed by atoms with Gasteiger partial charge in [0.05, 0.1) is 5.52 Å². The maximum Gasteiger partial charge on any atom is 0.229 e. The summed E-state index contributed by atoms with van der Waals surface area (Å²) < 4.78 is 1.58. The van der Waals surface area contributed by atoms with Crippen molar-refractivity contribution in [3.8, 4) is 0 Å². The van der Waals surface area contributed by atoms with Gasteiger partial charge in [0.1, 0.15) is 0 Å². The molecule has 72 valence electrons. The van der Waals surface area contributed by atoms with Crippen LogP contribution < -0.4 is 10.9 Å². The molecule has 0 bridgehead atoms. The Morgan fingerprint density at radius 2 is 2.21 bits per heavy atom. The smallest absolute Gasteiger partial charge is 0.229 e. The Labute approximate surface area is 80.7 Å². The zero-order valence-corrected chi connectivity index (χ0v) is 7.71. The van der Waals surface area contributed by atoms with Crippen LogP contribution in [0.1, 0.15) is 0 Å². The molecular weight excluding hydrogens is 180 g/mol. The lowest BCUT2D eigenvalue weighted by atomic mass is 10.2. The van der Waals surface area contributed by atoms with Crippen LogP contribution in [0, 0.1) is 0 Å². The Morgan fingerprint density at radius 3 is 2.93 bits per heavy atom. The number of nitrogens with zero attached hydrogens (tertiary/aromatic N) is 3. The number of benzene rings is 1. The maximum absolute atomic E-state index is 10.6. The van der Waals surface area contributed by atoms with Crippen molar-refractivity contribution >= 4 is 23.1 Å². The average Bonchev–Trinajstić information content (AvgIpc) is 2.53. The molecule has 0 fully saturated rings. The van der Waals surface area contributed by atoms with Gasteiger partial charge in [-0.25, -0.2) is 10.9 Å². The van der Waals surface area contributed by atoms with Gasteiger partial charge in [-0.3, -0.25) is 9.48 Å². The Hall–Kier alpha value is -1.88. The summed E-state index contributed by atoms with van der Waals surface area (Å²) in [5.41, 5.74) is 0.822. The predicted octanol–water partition coefficient (Wildman–Crippen LogP) is 0.410. The molecule has 2 aromatic rings. The van der Waals surface area contributed by atoms with Crippen molar-refractivity contribution in [2.24, 2.45) is 12.9 Å². The molecule has 14 heavy (non-hydrogen) atoms. The number of hydrogen-bond donors (Lipinski definition) is 1. The summed E-state index contributed by atoms with van der Waals surface area (Å²) >= 11 is 0. The lowest BCUT2D eigenvalue weighted by Crippen LogP contribution is -2.30. The average molecular weight is 190 g/mol. The zero-order chi connectivity index (χ0) is 10.1. The third-order valence-corrected chi connectivity index (χ3v) is 2.07. The summed E-state index contributed by atoms with van der Waals surface area (Å²) in [4.78, 5) is 10.6. The van der Waals surface area contributed by atoms with E-state index in [0.717, 1.165) is 15.9 Å². The Kier molecular flexibility index (Phi) is 1.94. The minimum Gasteiger partial charge on any atom is -0.277 e. The van der Waals surface area contributed by atoms with E-state index in [1.54, 1.807) is 11.7 Å². The van der Waals surface area contributed by atoms with Crippen molar-refractivity contribution < 1.29 is 4.79 Å². The quantitative estimate of drug-likeness (QED) is 0.323. The number of anilines is 1. The van der Waals surface area contributed by atoms with Crippen LogP contribution in [-0.4, -0.2) is 16.2 Å². The van der Waals surface area contributed by atoms with Gasteiger partial charge < -0.3 is 0 Å². The van der Waals surface area contributed by atoms with Crippen LogP contribution in [0.15, 0.2) is 24.3 Å². The van der Waals surface area contributed by atoms with Gasteiger partial charge in [0.25, 0.3) is 0 Å². The number of nitrogens with two attached hydrogens (primary N) is 1. The van der Waals surface area contributed by atoms with Crippen molar-refractivity contribution in [2.75, 3.05) is 5.01 Å². The maximum atomic E-state index is 10.6. The molecule has 1 heterocycles. The third-order valence-electron chi connectivity index (χ3n) is 2.07. The van der Waals surface area contributed by atoms with E-state index in [4.69, 9.17) is 5.84 Å². The Bertz CT molecular complexity index is 477. The molecule has 5 heteroatoms. The standard InChI is InChI=1S/C9H10N4O/c1-12-9(13(10)6-14)7-4-2-3-5-8(7)11-12/h2-6H,10H2,1H3. The fourth-order valence-electron chi connectivity index (χ4n) is 1.49. The number of carbonyl (C=O) groups excluding carboxylic acids is 1. The molecule has 1 aromatic heterocycles. The molecule has 0 atom stereocenters. The molecule has 0 unspecified atom stereocenters. The number of rotatable bonds is 2. The van der Waals surface area contributed by atoms with Crippen molar-refractivity contribution in [1.29, 1.82) is 0 Å². The lowest BCUT2D eigenvalue weighted by molar-refractivity contribution is -0.107. The molecule has 1 aromatic carbocycles. The molecule has 5 nitrogen and oxygen atoms in total. The number of carbonyl (C=O) groups is 1. The fraction of sp³-hybridized carbons (Fsp3) is 0.111. The zero-order valence-electron chi connectivity index (χ0n) is 7.71. The number of fused-ring (bicyclic) bond motifs is 1. The number of hydrogen-bond acceptors (Lipinski definition) is 3. The van der Waals surface area contributed by atoms with Gasteiger partial charge in [-0.1, -0.05) is 12.1 Å². The molecule has 0 aliphatic heterocycles. The predicted molar refractivity (Wildman–Crippen MR) is 53.4 cm³/mol. The molecule has 0 spiro atoms. The molecule has 0 saturated carbocycles. The van der Waals surface area contributed by atoms with Gasteiger partial charge in [0, 0.05) is 12.4 Å². The normalized spacial score (nSPS) is 10.4. The first-order chi connectivity index (χ1) is 6.74. The van der Waals surface area contributed by atoms with Crippen LogP contribution in [0.25, 0.3) is 10.9 Å². The van der Waals surface area contributed by atoms with Crippen molar-refractivity contribution in [3.05, 3.63) is 24.3 Å². The summed E-state index contributed by atoms with van der Waals surface area (Å²) in [5.74, 6) is 6.10. The minimum absolute atomic E-state index is 0.559. The summed E-state index contributed by atoms with van der Waals surface area (Å²) in [7, 11) is 1.75. The molecule has 0 radical (unpaired) electrons. The van der Waals surface area contributed by atoms with E-state index in [9.17, 15) is 4.79 Å². The van der Waals surface area contributed by atoms with Crippen LogP contribution in [0.4, 0.5) is 5.82 Å². The second-order valence-electron chi connectivity index (χ2n) is 2.98. The first-order valence-electron chi connectivity index (χ1n) is 4.15. The summed E-state index contributed by atoms with van der Waals surface area (Å²) in [6.45, 7) is 0. The molecule has 2 N–H and O–H groups in total. The summed E-state index contributed by atoms with van der Waals surface area (Å²) in [6.07, 6.45) is 0.559. The summed E-state index contributed by atoms with van der Waals surface area (Å²) in [6, 6.07) is 7.52. The van der Waals surface area contributed by atoms with E-state index in [-0.39, 0.29) is 0 Å². The SMILES string of the molecule is Cn1nc2ccccc2c1N(N)C=O. The number of aromatic nitrogens is 2. The first-order valence-corrected chi connectivity index (χ1v) is 4.15. The summed E-state index contributed by atoms with van der Waals surface area (Å²) in [5, 5.41) is 6.11. The highest BCUT2D eigenvalue weighted by Crippen LogP contribution is 2.23. The van der Waals surface area contributed by atoms with Crippen LogP contribution in [-0.2, 0) is 11.8 Å². The van der Waals surface area contributed by atoms with Crippen LogP contribution in [0.5, 0.6) is 0 Å². The highest BCUT2D eigenvalue weighted by molar-refractivity contribution is 5.94. The number of amides is 1. The molecule has 2 rings (SSSR count). The topological polar surface area (TPSA) is 64.2 Å². The van der Waals surface area contributed by atoms with E-state index in [0.29, 0.717) is 12.2 Å². The fourth-order valence-corrected chi connectivity index (χ4v) is 1.49. The monoisotopic (exact) mass is 190 g/mol. The van der Waals surface area contributed by atoms with E-state index >= 15 is 0 Å². The van der Waals surface area contributed by atoms with E-state index in [1.165, 1.54) is 0 Å². The second-order valence-corrected chi connectivity index (χ2v) is 2.98.